The van der Waals surface area contributed by atoms with E-state index in [1.165, 1.54) is 11.8 Å². The first-order valence-corrected chi connectivity index (χ1v) is 8.82. The van der Waals surface area contributed by atoms with Gasteiger partial charge in [0, 0.05) is 20.2 Å². The van der Waals surface area contributed by atoms with E-state index in [4.69, 9.17) is 10.5 Å². The molecule has 9 heteroatoms. The number of thioether (sulfide) groups is 1. The van der Waals surface area contributed by atoms with Crippen LogP contribution < -0.4 is 15.4 Å². The summed E-state index contributed by atoms with van der Waals surface area (Å²) >= 11 is 1.54. The standard InChI is InChI=1S/C16H21N7OS/c1-5-24-10-6-7-11-12(8-10)19-16(18-11)25-9(2)13-20-14(17)22-15(21-13)23(3)4/h6-9H,5H2,1-4H3,(H,18,19)(H2,17,20,21,22). The SMILES string of the molecule is CCOc1ccc2nc(SC(C)c3nc(N)nc(N(C)C)n3)[nH]c2c1. The van der Waals surface area contributed by atoms with Crippen molar-refractivity contribution in [1.29, 1.82) is 0 Å². The summed E-state index contributed by atoms with van der Waals surface area (Å²) in [6.07, 6.45) is 0. The van der Waals surface area contributed by atoms with Gasteiger partial charge in [-0.15, -0.1) is 0 Å². The Labute approximate surface area is 150 Å². The van der Waals surface area contributed by atoms with Gasteiger partial charge in [0.2, 0.25) is 11.9 Å². The summed E-state index contributed by atoms with van der Waals surface area (Å²) < 4.78 is 5.52. The van der Waals surface area contributed by atoms with Gasteiger partial charge in [-0.25, -0.2) is 4.98 Å². The van der Waals surface area contributed by atoms with Gasteiger partial charge in [-0.3, -0.25) is 0 Å². The van der Waals surface area contributed by atoms with E-state index >= 15 is 0 Å². The highest BCUT2D eigenvalue weighted by Gasteiger charge is 2.16. The van der Waals surface area contributed by atoms with Crippen LogP contribution in [0, 0.1) is 0 Å². The molecule has 1 atom stereocenters. The number of nitrogen functional groups attached to an aromatic ring is 1. The molecule has 8 nitrogen and oxygen atoms in total. The number of aromatic nitrogens is 5. The highest BCUT2D eigenvalue weighted by atomic mass is 32.2. The van der Waals surface area contributed by atoms with Gasteiger partial charge in [-0.1, -0.05) is 11.8 Å². The van der Waals surface area contributed by atoms with Gasteiger partial charge >= 0.3 is 0 Å². The lowest BCUT2D eigenvalue weighted by atomic mass is 10.3. The van der Waals surface area contributed by atoms with E-state index in [9.17, 15) is 0 Å². The molecule has 0 amide bonds. The lowest BCUT2D eigenvalue weighted by Gasteiger charge is -2.13. The molecular formula is C16H21N7OS. The number of hydrogen-bond acceptors (Lipinski definition) is 8. The number of H-pyrrole nitrogens is 1. The van der Waals surface area contributed by atoms with Gasteiger partial charge in [-0.2, -0.15) is 15.0 Å². The molecule has 25 heavy (non-hydrogen) atoms. The maximum Gasteiger partial charge on any atom is 0.229 e. The Morgan fingerprint density at radius 3 is 2.76 bits per heavy atom. The van der Waals surface area contributed by atoms with E-state index in [0.29, 0.717) is 18.4 Å². The Morgan fingerprint density at radius 2 is 2.04 bits per heavy atom. The van der Waals surface area contributed by atoms with Crippen LogP contribution in [-0.2, 0) is 0 Å². The molecule has 2 heterocycles. The molecule has 2 aromatic heterocycles. The zero-order valence-corrected chi connectivity index (χ0v) is 15.5. The normalized spacial score (nSPS) is 12.3. The average Bonchev–Trinajstić information content (AvgIpc) is 2.96. The smallest absolute Gasteiger partial charge is 0.229 e. The van der Waals surface area contributed by atoms with Crippen molar-refractivity contribution in [2.45, 2.75) is 24.3 Å². The monoisotopic (exact) mass is 359 g/mol. The molecule has 3 aromatic rings. The van der Waals surface area contributed by atoms with Crippen LogP contribution in [0.1, 0.15) is 24.9 Å². The lowest BCUT2D eigenvalue weighted by Crippen LogP contribution is -2.16. The lowest BCUT2D eigenvalue weighted by molar-refractivity contribution is 0.340. The van der Waals surface area contributed by atoms with E-state index < -0.39 is 0 Å². The van der Waals surface area contributed by atoms with Crippen LogP contribution in [0.3, 0.4) is 0 Å². The van der Waals surface area contributed by atoms with Crippen molar-refractivity contribution < 1.29 is 4.74 Å². The molecule has 0 aliphatic carbocycles. The highest BCUT2D eigenvalue weighted by molar-refractivity contribution is 7.99. The topological polar surface area (TPSA) is 106 Å². The van der Waals surface area contributed by atoms with Crippen LogP contribution in [0.4, 0.5) is 11.9 Å². The highest BCUT2D eigenvalue weighted by Crippen LogP contribution is 2.33. The largest absolute Gasteiger partial charge is 0.494 e. The van der Waals surface area contributed by atoms with Crippen LogP contribution in [0.5, 0.6) is 5.75 Å². The number of fused-ring (bicyclic) bond motifs is 1. The minimum atomic E-state index is -0.0316. The predicted octanol–water partition coefficient (Wildman–Crippen LogP) is 2.65. The maximum atomic E-state index is 5.80. The van der Waals surface area contributed by atoms with Crippen molar-refractivity contribution in [2.24, 2.45) is 0 Å². The number of nitrogens with zero attached hydrogens (tertiary/aromatic N) is 5. The number of benzene rings is 1. The quantitative estimate of drug-likeness (QED) is 0.647. The van der Waals surface area contributed by atoms with Crippen molar-refractivity contribution in [2.75, 3.05) is 31.3 Å². The number of anilines is 2. The molecule has 3 rings (SSSR count). The fourth-order valence-electron chi connectivity index (χ4n) is 2.28. The van der Waals surface area contributed by atoms with E-state index in [0.717, 1.165) is 21.9 Å². The van der Waals surface area contributed by atoms with Gasteiger partial charge in [-0.05, 0) is 26.0 Å². The molecule has 3 N–H and O–H groups in total. The Hall–Kier alpha value is -2.55. The molecule has 0 radical (unpaired) electrons. The molecule has 0 spiro atoms. The molecule has 0 fully saturated rings. The number of hydrogen-bond donors (Lipinski definition) is 2. The minimum absolute atomic E-state index is 0.0316. The van der Waals surface area contributed by atoms with E-state index in [2.05, 4.69) is 24.9 Å². The molecule has 0 saturated heterocycles. The van der Waals surface area contributed by atoms with Crippen molar-refractivity contribution in [3.8, 4) is 5.75 Å². The average molecular weight is 359 g/mol. The number of nitrogens with two attached hydrogens (primary N) is 1. The van der Waals surface area contributed by atoms with Gasteiger partial charge in [0.25, 0.3) is 0 Å². The predicted molar refractivity (Wildman–Crippen MR) is 100 cm³/mol. The van der Waals surface area contributed by atoms with Gasteiger partial charge in [0.1, 0.15) is 11.6 Å². The summed E-state index contributed by atoms with van der Waals surface area (Å²) in [4.78, 5) is 22.5. The molecule has 0 aliphatic heterocycles. The summed E-state index contributed by atoms with van der Waals surface area (Å²) in [6.45, 7) is 4.60. The molecule has 1 aromatic carbocycles. The molecule has 0 saturated carbocycles. The Balaban J connectivity index is 1.83. The maximum absolute atomic E-state index is 5.80. The van der Waals surface area contributed by atoms with E-state index in [1.807, 2.05) is 46.1 Å². The second kappa shape index (κ2) is 7.14. The summed E-state index contributed by atoms with van der Waals surface area (Å²) in [6, 6.07) is 5.81. The first kappa shape index (κ1) is 17.3. The third-order valence-electron chi connectivity index (χ3n) is 3.45. The zero-order valence-electron chi connectivity index (χ0n) is 14.6. The summed E-state index contributed by atoms with van der Waals surface area (Å²) in [5.41, 5.74) is 7.63. The fraction of sp³-hybridized carbons (Fsp3) is 0.375. The van der Waals surface area contributed by atoms with Crippen LogP contribution >= 0.6 is 11.8 Å². The van der Waals surface area contributed by atoms with Crippen molar-refractivity contribution in [3.63, 3.8) is 0 Å². The number of rotatable bonds is 6. The second-order valence-corrected chi connectivity index (χ2v) is 6.99. The number of ether oxygens (including phenoxy) is 1. The van der Waals surface area contributed by atoms with Crippen LogP contribution in [0.25, 0.3) is 11.0 Å². The first-order chi connectivity index (χ1) is 12.0. The fourth-order valence-corrected chi connectivity index (χ4v) is 3.14. The molecule has 0 bridgehead atoms. The Bertz CT molecular complexity index is 880. The Morgan fingerprint density at radius 1 is 1.24 bits per heavy atom. The van der Waals surface area contributed by atoms with Gasteiger partial charge < -0.3 is 20.4 Å². The van der Waals surface area contributed by atoms with Crippen LogP contribution in [0.2, 0.25) is 0 Å². The number of aromatic amines is 1. The molecular weight excluding hydrogens is 338 g/mol. The van der Waals surface area contributed by atoms with Crippen LogP contribution in [-0.4, -0.2) is 45.6 Å². The van der Waals surface area contributed by atoms with Gasteiger partial charge in [0.05, 0.1) is 22.9 Å². The third kappa shape index (κ3) is 3.93. The number of nitrogens with one attached hydrogen (secondary N) is 1. The zero-order chi connectivity index (χ0) is 18.0. The second-order valence-electron chi connectivity index (χ2n) is 5.66. The van der Waals surface area contributed by atoms with Crippen molar-refractivity contribution in [3.05, 3.63) is 24.0 Å². The Kier molecular flexibility index (Phi) is 4.93. The summed E-state index contributed by atoms with van der Waals surface area (Å²) in [5, 5.41) is 0.762. The van der Waals surface area contributed by atoms with E-state index in [1.54, 1.807) is 4.90 Å². The van der Waals surface area contributed by atoms with Crippen LogP contribution in [0.15, 0.2) is 23.4 Å². The minimum Gasteiger partial charge on any atom is -0.494 e. The number of imidazole rings is 1. The molecule has 1 unspecified atom stereocenters. The molecule has 0 aliphatic rings. The van der Waals surface area contributed by atoms with Crippen molar-refractivity contribution >= 4 is 34.7 Å². The molecule has 132 valence electrons. The third-order valence-corrected chi connectivity index (χ3v) is 4.43. The summed E-state index contributed by atoms with van der Waals surface area (Å²) in [7, 11) is 3.73. The summed E-state index contributed by atoms with van der Waals surface area (Å²) in [5.74, 6) is 2.20. The van der Waals surface area contributed by atoms with Crippen molar-refractivity contribution in [1.82, 2.24) is 24.9 Å². The van der Waals surface area contributed by atoms with Gasteiger partial charge in [0.15, 0.2) is 5.16 Å². The first-order valence-electron chi connectivity index (χ1n) is 7.94. The van der Waals surface area contributed by atoms with E-state index in [-0.39, 0.29) is 11.2 Å².